The smallest absolute Gasteiger partial charge is 0.422 e. The Kier molecular flexibility index (Phi) is 2.79. The summed E-state index contributed by atoms with van der Waals surface area (Å²) in [7, 11) is 0. The van der Waals surface area contributed by atoms with E-state index in [-0.39, 0.29) is 11.3 Å². The average molecular weight is 243 g/mol. The molecule has 0 saturated heterocycles. The molecule has 3 nitrogen and oxygen atoms in total. The molecule has 0 unspecified atom stereocenters. The van der Waals surface area contributed by atoms with Gasteiger partial charge in [0.1, 0.15) is 0 Å². The van der Waals surface area contributed by atoms with Crippen LogP contribution in [0, 0.1) is 0 Å². The van der Waals surface area contributed by atoms with E-state index in [2.05, 4.69) is 9.72 Å². The molecule has 2 rings (SSSR count). The zero-order valence-corrected chi connectivity index (χ0v) is 8.54. The Labute approximate surface area is 93.8 Å². The summed E-state index contributed by atoms with van der Waals surface area (Å²) in [5, 5.41) is 0.409. The van der Waals surface area contributed by atoms with Gasteiger partial charge in [0.05, 0.1) is 5.52 Å². The zero-order valence-electron chi connectivity index (χ0n) is 8.54. The van der Waals surface area contributed by atoms with Gasteiger partial charge in [-0.25, -0.2) is 0 Å². The van der Waals surface area contributed by atoms with Crippen molar-refractivity contribution in [3.8, 4) is 5.88 Å². The number of hydrogen-bond donors (Lipinski definition) is 1. The Bertz CT molecular complexity index is 589. The molecule has 1 heterocycles. The van der Waals surface area contributed by atoms with Gasteiger partial charge < -0.3 is 9.72 Å². The van der Waals surface area contributed by atoms with Crippen LogP contribution in [-0.4, -0.2) is 17.8 Å². The number of para-hydroxylation sites is 1. The van der Waals surface area contributed by atoms with E-state index in [1.165, 1.54) is 0 Å². The van der Waals surface area contributed by atoms with Crippen LogP contribution in [0.15, 0.2) is 35.1 Å². The summed E-state index contributed by atoms with van der Waals surface area (Å²) in [5.41, 5.74) is 0.0636. The quantitative estimate of drug-likeness (QED) is 0.880. The summed E-state index contributed by atoms with van der Waals surface area (Å²) in [6, 6.07) is 7.53. The summed E-state index contributed by atoms with van der Waals surface area (Å²) in [6.07, 6.45) is -4.43. The fraction of sp³-hybridized carbons (Fsp3) is 0.182. The van der Waals surface area contributed by atoms with Crippen LogP contribution in [0.3, 0.4) is 0 Å². The van der Waals surface area contributed by atoms with Crippen molar-refractivity contribution in [3.05, 3.63) is 40.6 Å². The molecule has 0 saturated carbocycles. The van der Waals surface area contributed by atoms with Gasteiger partial charge in [0.25, 0.3) is 0 Å². The first-order valence-corrected chi connectivity index (χ1v) is 4.77. The van der Waals surface area contributed by atoms with Gasteiger partial charge in [-0.1, -0.05) is 12.1 Å². The summed E-state index contributed by atoms with van der Waals surface area (Å²) in [5.74, 6) is -0.189. The predicted octanol–water partition coefficient (Wildman–Crippen LogP) is 2.47. The molecule has 0 amide bonds. The van der Waals surface area contributed by atoms with Crippen molar-refractivity contribution in [2.45, 2.75) is 6.18 Å². The van der Waals surface area contributed by atoms with Gasteiger partial charge in [0.2, 0.25) is 0 Å². The van der Waals surface area contributed by atoms with Gasteiger partial charge in [-0.2, -0.15) is 13.2 Å². The first kappa shape index (κ1) is 11.5. The van der Waals surface area contributed by atoms with Crippen molar-refractivity contribution >= 4 is 10.9 Å². The van der Waals surface area contributed by atoms with Crippen LogP contribution < -0.4 is 10.2 Å². The highest BCUT2D eigenvalue weighted by molar-refractivity contribution is 5.78. The number of nitrogens with one attached hydrogen (secondary N) is 1. The first-order chi connectivity index (χ1) is 7.96. The molecule has 17 heavy (non-hydrogen) atoms. The topological polar surface area (TPSA) is 42.1 Å². The summed E-state index contributed by atoms with van der Waals surface area (Å²) in [6.45, 7) is -1.43. The largest absolute Gasteiger partial charge is 0.469 e. The van der Waals surface area contributed by atoms with E-state index in [4.69, 9.17) is 0 Å². The Hall–Kier alpha value is -1.98. The lowest BCUT2D eigenvalue weighted by Gasteiger charge is -2.09. The van der Waals surface area contributed by atoms with Crippen molar-refractivity contribution in [1.29, 1.82) is 0 Å². The molecular formula is C11H8F3NO2. The third kappa shape index (κ3) is 2.77. The standard InChI is InChI=1S/C11H8F3NO2/c12-11(13,14)6-17-10-5-9(16)7-3-1-2-4-8(7)15-10/h1-5H,6H2,(H,15,16). The number of aromatic nitrogens is 1. The number of aromatic amines is 1. The van der Waals surface area contributed by atoms with Crippen LogP contribution in [0.4, 0.5) is 13.2 Å². The molecule has 6 heteroatoms. The van der Waals surface area contributed by atoms with Gasteiger partial charge in [0, 0.05) is 11.5 Å². The van der Waals surface area contributed by atoms with Crippen molar-refractivity contribution in [1.82, 2.24) is 4.98 Å². The second-order valence-electron chi connectivity index (χ2n) is 3.45. The predicted molar refractivity (Wildman–Crippen MR) is 56.1 cm³/mol. The molecule has 2 aromatic rings. The van der Waals surface area contributed by atoms with E-state index >= 15 is 0 Å². The van der Waals surface area contributed by atoms with Gasteiger partial charge in [-0.3, -0.25) is 4.79 Å². The van der Waals surface area contributed by atoms with Crippen molar-refractivity contribution in [3.63, 3.8) is 0 Å². The highest BCUT2D eigenvalue weighted by Crippen LogP contribution is 2.17. The van der Waals surface area contributed by atoms with Crippen LogP contribution >= 0.6 is 0 Å². The van der Waals surface area contributed by atoms with Crippen molar-refractivity contribution in [2.24, 2.45) is 0 Å². The van der Waals surface area contributed by atoms with Crippen molar-refractivity contribution < 1.29 is 17.9 Å². The zero-order chi connectivity index (χ0) is 12.5. The minimum Gasteiger partial charge on any atom is -0.469 e. The number of H-pyrrole nitrogens is 1. The number of hydrogen-bond acceptors (Lipinski definition) is 2. The monoisotopic (exact) mass is 243 g/mol. The molecular weight excluding hydrogens is 235 g/mol. The van der Waals surface area contributed by atoms with E-state index in [0.717, 1.165) is 6.07 Å². The van der Waals surface area contributed by atoms with Gasteiger partial charge >= 0.3 is 6.18 Å². The summed E-state index contributed by atoms with van der Waals surface area (Å²) >= 11 is 0. The fourth-order valence-electron chi connectivity index (χ4n) is 1.41. The maximum atomic E-state index is 11.9. The molecule has 90 valence electrons. The lowest BCUT2D eigenvalue weighted by Crippen LogP contribution is -2.20. The number of halogens is 3. The maximum absolute atomic E-state index is 11.9. The molecule has 0 aliphatic carbocycles. The van der Waals surface area contributed by atoms with E-state index in [9.17, 15) is 18.0 Å². The second-order valence-corrected chi connectivity index (χ2v) is 3.45. The summed E-state index contributed by atoms with van der Waals surface area (Å²) in [4.78, 5) is 14.2. The Balaban J connectivity index is 2.34. The molecule has 1 aromatic heterocycles. The number of ether oxygens (including phenoxy) is 1. The first-order valence-electron chi connectivity index (χ1n) is 4.77. The van der Waals surface area contributed by atoms with Crippen LogP contribution in [0.1, 0.15) is 0 Å². The van der Waals surface area contributed by atoms with Gasteiger partial charge in [0.15, 0.2) is 17.9 Å². The van der Waals surface area contributed by atoms with E-state index in [0.29, 0.717) is 10.9 Å². The highest BCUT2D eigenvalue weighted by atomic mass is 19.4. The number of rotatable bonds is 2. The number of fused-ring (bicyclic) bond motifs is 1. The minimum atomic E-state index is -4.43. The molecule has 0 aliphatic heterocycles. The van der Waals surface area contributed by atoms with Crippen LogP contribution in [0.2, 0.25) is 0 Å². The minimum absolute atomic E-state index is 0.189. The van der Waals surface area contributed by atoms with Crippen LogP contribution in [0.5, 0.6) is 5.88 Å². The Morgan fingerprint density at radius 1 is 1.24 bits per heavy atom. The van der Waals surface area contributed by atoms with E-state index in [1.54, 1.807) is 24.3 Å². The van der Waals surface area contributed by atoms with Gasteiger partial charge in [-0.15, -0.1) is 0 Å². The fourth-order valence-corrected chi connectivity index (χ4v) is 1.41. The van der Waals surface area contributed by atoms with Gasteiger partial charge in [-0.05, 0) is 12.1 Å². The lowest BCUT2D eigenvalue weighted by molar-refractivity contribution is -0.154. The highest BCUT2D eigenvalue weighted by Gasteiger charge is 2.28. The third-order valence-corrected chi connectivity index (χ3v) is 2.10. The molecule has 0 bridgehead atoms. The average Bonchev–Trinajstić information content (AvgIpc) is 2.26. The Morgan fingerprint density at radius 2 is 1.94 bits per heavy atom. The lowest BCUT2D eigenvalue weighted by atomic mass is 10.2. The Morgan fingerprint density at radius 3 is 2.65 bits per heavy atom. The molecule has 0 fully saturated rings. The molecule has 1 N–H and O–H groups in total. The summed E-state index contributed by atoms with van der Waals surface area (Å²) < 4.78 is 40.3. The molecule has 1 aromatic carbocycles. The second kappa shape index (κ2) is 4.12. The molecule has 0 aliphatic rings. The van der Waals surface area contributed by atoms with E-state index < -0.39 is 12.8 Å². The maximum Gasteiger partial charge on any atom is 0.422 e. The molecule has 0 atom stereocenters. The molecule has 0 radical (unpaired) electrons. The molecule has 0 spiro atoms. The number of pyridine rings is 1. The third-order valence-electron chi connectivity index (χ3n) is 2.10. The van der Waals surface area contributed by atoms with Crippen molar-refractivity contribution in [2.75, 3.05) is 6.61 Å². The normalized spacial score (nSPS) is 11.7. The number of benzene rings is 1. The van der Waals surface area contributed by atoms with E-state index in [1.807, 2.05) is 0 Å². The van der Waals surface area contributed by atoms with Crippen LogP contribution in [-0.2, 0) is 0 Å². The van der Waals surface area contributed by atoms with Crippen LogP contribution in [0.25, 0.3) is 10.9 Å². The SMILES string of the molecule is O=c1cc(OCC(F)(F)F)[nH]c2ccccc12. The number of alkyl halides is 3.